The third-order valence-corrected chi connectivity index (χ3v) is 3.69. The number of rotatable bonds is 4. The van der Waals surface area contributed by atoms with Crippen LogP contribution in [0.15, 0.2) is 12.4 Å². The number of aromatic nitrogens is 3. The van der Waals surface area contributed by atoms with Gasteiger partial charge in [0.05, 0.1) is 11.9 Å². The van der Waals surface area contributed by atoms with E-state index >= 15 is 0 Å². The van der Waals surface area contributed by atoms with E-state index in [4.69, 9.17) is 5.73 Å². The molecule has 92 valence electrons. The van der Waals surface area contributed by atoms with Gasteiger partial charge in [-0.25, -0.2) is 4.98 Å². The van der Waals surface area contributed by atoms with Gasteiger partial charge in [0, 0.05) is 30.2 Å². The molecule has 17 heavy (non-hydrogen) atoms. The van der Waals surface area contributed by atoms with Gasteiger partial charge in [-0.2, -0.15) is 5.10 Å². The summed E-state index contributed by atoms with van der Waals surface area (Å²) < 4.78 is 1.79. The van der Waals surface area contributed by atoms with Crippen LogP contribution in [0.5, 0.6) is 0 Å². The monoisotopic (exact) mass is 250 g/mol. The second-order valence-corrected chi connectivity index (χ2v) is 5.68. The van der Waals surface area contributed by atoms with Crippen LogP contribution in [0, 0.1) is 5.92 Å². The highest BCUT2D eigenvalue weighted by molar-refractivity contribution is 7.15. The molecule has 0 saturated heterocycles. The molecule has 0 atom stereocenters. The van der Waals surface area contributed by atoms with E-state index in [1.165, 1.54) is 4.88 Å². The maximum absolute atomic E-state index is 5.77. The molecular formula is C12H18N4S. The summed E-state index contributed by atoms with van der Waals surface area (Å²) in [5.41, 5.74) is 7.99. The lowest BCUT2D eigenvalue weighted by atomic mass is 10.1. The van der Waals surface area contributed by atoms with Crippen molar-refractivity contribution < 1.29 is 0 Å². The number of nitrogens with zero attached hydrogens (tertiary/aromatic N) is 3. The predicted octanol–water partition coefficient (Wildman–Crippen LogP) is 2.20. The van der Waals surface area contributed by atoms with Crippen LogP contribution < -0.4 is 5.73 Å². The average Bonchev–Trinajstić information content (AvgIpc) is 2.83. The second-order valence-electron chi connectivity index (χ2n) is 4.59. The topological polar surface area (TPSA) is 56.7 Å². The minimum absolute atomic E-state index is 0.569. The fourth-order valence-electron chi connectivity index (χ4n) is 1.74. The van der Waals surface area contributed by atoms with Crippen molar-refractivity contribution in [3.8, 4) is 10.6 Å². The first-order chi connectivity index (χ1) is 8.10. The molecule has 0 bridgehead atoms. The third kappa shape index (κ3) is 2.73. The van der Waals surface area contributed by atoms with Gasteiger partial charge in [-0.3, -0.25) is 4.68 Å². The zero-order chi connectivity index (χ0) is 12.4. The minimum Gasteiger partial charge on any atom is -0.326 e. The second kappa shape index (κ2) is 4.98. The Bertz CT molecular complexity index is 498. The average molecular weight is 250 g/mol. The summed E-state index contributed by atoms with van der Waals surface area (Å²) in [6.07, 6.45) is 4.82. The molecule has 0 unspecified atom stereocenters. The van der Waals surface area contributed by atoms with E-state index in [9.17, 15) is 0 Å². The Labute approximate surface area is 105 Å². The molecule has 0 spiro atoms. The summed E-state index contributed by atoms with van der Waals surface area (Å²) in [5.74, 6) is 0.601. The van der Waals surface area contributed by atoms with Gasteiger partial charge in [-0.05, 0) is 12.3 Å². The minimum atomic E-state index is 0.569. The van der Waals surface area contributed by atoms with Crippen molar-refractivity contribution in [2.24, 2.45) is 18.7 Å². The molecule has 4 nitrogen and oxygen atoms in total. The highest BCUT2D eigenvalue weighted by atomic mass is 32.1. The zero-order valence-corrected chi connectivity index (χ0v) is 11.3. The first-order valence-electron chi connectivity index (χ1n) is 5.77. The highest BCUT2D eigenvalue weighted by Gasteiger charge is 2.13. The Hall–Kier alpha value is -1.20. The van der Waals surface area contributed by atoms with Gasteiger partial charge in [0.15, 0.2) is 0 Å². The quantitative estimate of drug-likeness (QED) is 0.905. The van der Waals surface area contributed by atoms with Crippen molar-refractivity contribution in [2.75, 3.05) is 0 Å². The number of nitrogens with two attached hydrogens (primary N) is 1. The Kier molecular flexibility index (Phi) is 3.59. The van der Waals surface area contributed by atoms with E-state index in [1.807, 2.05) is 19.4 Å². The first-order valence-corrected chi connectivity index (χ1v) is 6.59. The molecule has 0 aliphatic heterocycles. The van der Waals surface area contributed by atoms with Crippen LogP contribution in [0.2, 0.25) is 0 Å². The van der Waals surface area contributed by atoms with Crippen molar-refractivity contribution >= 4 is 11.3 Å². The Morgan fingerprint density at radius 1 is 1.47 bits per heavy atom. The molecule has 0 fully saturated rings. The fourth-order valence-corrected chi connectivity index (χ4v) is 2.69. The maximum atomic E-state index is 5.77. The van der Waals surface area contributed by atoms with Gasteiger partial charge in [-0.1, -0.05) is 13.8 Å². The van der Waals surface area contributed by atoms with E-state index in [0.29, 0.717) is 12.5 Å². The molecule has 5 heteroatoms. The standard InChI is InChI=1S/C12H18N4S/c1-8(2)4-10-11(5-13)17-12(15-10)9-6-14-16(3)7-9/h6-8H,4-5,13H2,1-3H3. The summed E-state index contributed by atoms with van der Waals surface area (Å²) in [4.78, 5) is 5.88. The smallest absolute Gasteiger partial charge is 0.127 e. The summed E-state index contributed by atoms with van der Waals surface area (Å²) in [7, 11) is 1.91. The molecule has 2 N–H and O–H groups in total. The van der Waals surface area contributed by atoms with E-state index in [0.717, 1.165) is 22.7 Å². The van der Waals surface area contributed by atoms with Crippen molar-refractivity contribution in [3.63, 3.8) is 0 Å². The Morgan fingerprint density at radius 3 is 2.76 bits per heavy atom. The van der Waals surface area contributed by atoms with Crippen LogP contribution in [-0.4, -0.2) is 14.8 Å². The lowest BCUT2D eigenvalue weighted by Crippen LogP contribution is -2.01. The van der Waals surface area contributed by atoms with E-state index in [2.05, 4.69) is 23.9 Å². The summed E-state index contributed by atoms with van der Waals surface area (Å²) >= 11 is 1.68. The third-order valence-electron chi connectivity index (χ3n) is 2.52. The summed E-state index contributed by atoms with van der Waals surface area (Å²) in [6, 6.07) is 0. The van der Waals surface area contributed by atoms with Gasteiger partial charge in [0.2, 0.25) is 0 Å². The van der Waals surface area contributed by atoms with Crippen LogP contribution in [0.4, 0.5) is 0 Å². The molecule has 0 radical (unpaired) electrons. The van der Waals surface area contributed by atoms with Gasteiger partial charge in [0.1, 0.15) is 5.01 Å². The molecule has 0 aliphatic carbocycles. The van der Waals surface area contributed by atoms with E-state index in [-0.39, 0.29) is 0 Å². The predicted molar refractivity (Wildman–Crippen MR) is 70.7 cm³/mol. The van der Waals surface area contributed by atoms with Gasteiger partial charge >= 0.3 is 0 Å². The lowest BCUT2D eigenvalue weighted by molar-refractivity contribution is 0.634. The largest absolute Gasteiger partial charge is 0.326 e. The normalized spacial score (nSPS) is 11.4. The number of thiazole rings is 1. The highest BCUT2D eigenvalue weighted by Crippen LogP contribution is 2.28. The van der Waals surface area contributed by atoms with Crippen molar-refractivity contribution in [2.45, 2.75) is 26.8 Å². The molecule has 2 rings (SSSR count). The molecule has 0 aliphatic rings. The number of hydrogen-bond donors (Lipinski definition) is 1. The summed E-state index contributed by atoms with van der Waals surface area (Å²) in [5, 5.41) is 5.19. The van der Waals surface area contributed by atoms with Gasteiger partial charge < -0.3 is 5.73 Å². The van der Waals surface area contributed by atoms with Crippen molar-refractivity contribution in [1.82, 2.24) is 14.8 Å². The molecular weight excluding hydrogens is 232 g/mol. The van der Waals surface area contributed by atoms with Crippen LogP contribution in [0.1, 0.15) is 24.4 Å². The summed E-state index contributed by atoms with van der Waals surface area (Å²) in [6.45, 7) is 4.97. The molecule has 2 aromatic rings. The van der Waals surface area contributed by atoms with E-state index < -0.39 is 0 Å². The van der Waals surface area contributed by atoms with Gasteiger partial charge in [0.25, 0.3) is 0 Å². The molecule has 2 aromatic heterocycles. The van der Waals surface area contributed by atoms with Crippen LogP contribution in [-0.2, 0) is 20.0 Å². The van der Waals surface area contributed by atoms with Crippen molar-refractivity contribution in [3.05, 3.63) is 23.0 Å². The number of aryl methyl sites for hydroxylation is 1. The fraction of sp³-hybridized carbons (Fsp3) is 0.500. The van der Waals surface area contributed by atoms with Crippen LogP contribution in [0.25, 0.3) is 10.6 Å². The van der Waals surface area contributed by atoms with Crippen molar-refractivity contribution in [1.29, 1.82) is 0 Å². The van der Waals surface area contributed by atoms with Crippen LogP contribution >= 0.6 is 11.3 Å². The van der Waals surface area contributed by atoms with Crippen LogP contribution in [0.3, 0.4) is 0 Å². The SMILES string of the molecule is CC(C)Cc1nc(-c2cnn(C)c2)sc1CN. The Morgan fingerprint density at radius 2 is 2.24 bits per heavy atom. The first kappa shape index (κ1) is 12.3. The van der Waals surface area contributed by atoms with Gasteiger partial charge in [-0.15, -0.1) is 11.3 Å². The maximum Gasteiger partial charge on any atom is 0.127 e. The molecule has 0 amide bonds. The zero-order valence-electron chi connectivity index (χ0n) is 10.5. The Balaban J connectivity index is 2.33. The molecule has 0 saturated carbocycles. The molecule has 2 heterocycles. The lowest BCUT2D eigenvalue weighted by Gasteiger charge is -2.02. The van der Waals surface area contributed by atoms with E-state index in [1.54, 1.807) is 16.0 Å². The molecule has 0 aromatic carbocycles. The number of hydrogen-bond acceptors (Lipinski definition) is 4.